The van der Waals surface area contributed by atoms with E-state index in [4.69, 9.17) is 10.5 Å². The molecule has 0 aromatic heterocycles. The number of primary amides is 1. The molecule has 4 aromatic carbocycles. The van der Waals surface area contributed by atoms with Crippen molar-refractivity contribution in [1.29, 1.82) is 0 Å². The van der Waals surface area contributed by atoms with Crippen molar-refractivity contribution < 1.29 is 13.9 Å². The standard InChI is InChI=1S/C33H35FN2O2/c1-25-13-15-26(16-14-25)23-36(19-8-20-38-32-18-17-27(21-31(32)34)22-33(35)37)24-30(28-9-4-2-5-10-28)29-11-6-3-7-12-29/h2-7,9-18,21,30H,8,19-20,22-24H2,1H3,(H2,35,37). The number of hydrogen-bond donors (Lipinski definition) is 1. The first-order valence-electron chi connectivity index (χ1n) is 13.1. The first-order valence-corrected chi connectivity index (χ1v) is 13.1. The molecular formula is C33H35FN2O2. The number of nitrogens with two attached hydrogens (primary N) is 1. The fourth-order valence-corrected chi connectivity index (χ4v) is 4.66. The highest BCUT2D eigenvalue weighted by molar-refractivity contribution is 5.76. The summed E-state index contributed by atoms with van der Waals surface area (Å²) in [6, 6.07) is 34.4. The van der Waals surface area contributed by atoms with Crippen LogP contribution in [0.3, 0.4) is 0 Å². The highest BCUT2D eigenvalue weighted by atomic mass is 19.1. The molecule has 2 N–H and O–H groups in total. The zero-order valence-corrected chi connectivity index (χ0v) is 21.9. The van der Waals surface area contributed by atoms with Crippen LogP contribution in [-0.2, 0) is 17.8 Å². The predicted molar refractivity (Wildman–Crippen MR) is 151 cm³/mol. The average molecular weight is 511 g/mol. The molecule has 5 heteroatoms. The van der Waals surface area contributed by atoms with Crippen LogP contribution in [0.15, 0.2) is 103 Å². The van der Waals surface area contributed by atoms with Crippen LogP contribution in [-0.4, -0.2) is 30.5 Å². The molecule has 0 aliphatic heterocycles. The van der Waals surface area contributed by atoms with Gasteiger partial charge in [0.1, 0.15) is 0 Å². The maximum atomic E-state index is 14.5. The molecule has 4 rings (SSSR count). The number of carbonyl (C=O) groups is 1. The molecule has 0 unspecified atom stereocenters. The van der Waals surface area contributed by atoms with Crippen LogP contribution in [0.1, 0.15) is 40.2 Å². The molecule has 0 radical (unpaired) electrons. The van der Waals surface area contributed by atoms with Gasteiger partial charge in [-0.1, -0.05) is 96.6 Å². The number of aryl methyl sites for hydroxylation is 1. The summed E-state index contributed by atoms with van der Waals surface area (Å²) in [4.78, 5) is 13.6. The number of halogens is 1. The quantitative estimate of drug-likeness (QED) is 0.216. The summed E-state index contributed by atoms with van der Waals surface area (Å²) in [5.41, 5.74) is 10.8. The molecule has 0 saturated heterocycles. The molecule has 0 fully saturated rings. The number of ether oxygens (including phenoxy) is 1. The van der Waals surface area contributed by atoms with E-state index in [1.807, 2.05) is 12.1 Å². The summed E-state index contributed by atoms with van der Waals surface area (Å²) < 4.78 is 20.2. The van der Waals surface area contributed by atoms with Crippen LogP contribution >= 0.6 is 0 Å². The van der Waals surface area contributed by atoms with Crippen molar-refractivity contribution in [3.63, 3.8) is 0 Å². The Morgan fingerprint density at radius 3 is 2.05 bits per heavy atom. The molecule has 0 spiro atoms. The van der Waals surface area contributed by atoms with Crippen molar-refractivity contribution in [2.45, 2.75) is 32.2 Å². The third kappa shape index (κ3) is 8.02. The highest BCUT2D eigenvalue weighted by Crippen LogP contribution is 2.27. The van der Waals surface area contributed by atoms with Crippen LogP contribution in [0.2, 0.25) is 0 Å². The second-order valence-corrected chi connectivity index (χ2v) is 9.70. The lowest BCUT2D eigenvalue weighted by Gasteiger charge is -2.28. The molecule has 0 heterocycles. The molecule has 0 saturated carbocycles. The second kappa shape index (κ2) is 13.5. The Labute approximate surface area is 224 Å². The van der Waals surface area contributed by atoms with Crippen molar-refractivity contribution >= 4 is 5.91 Å². The number of hydrogen-bond acceptors (Lipinski definition) is 3. The van der Waals surface area contributed by atoms with E-state index in [1.165, 1.54) is 28.3 Å². The fraction of sp³-hybridized carbons (Fsp3) is 0.242. The Morgan fingerprint density at radius 2 is 1.47 bits per heavy atom. The second-order valence-electron chi connectivity index (χ2n) is 9.70. The van der Waals surface area contributed by atoms with Crippen molar-refractivity contribution in [2.75, 3.05) is 19.7 Å². The van der Waals surface area contributed by atoms with E-state index in [-0.39, 0.29) is 18.1 Å². The monoisotopic (exact) mass is 510 g/mol. The maximum absolute atomic E-state index is 14.5. The van der Waals surface area contributed by atoms with E-state index in [1.54, 1.807) is 12.1 Å². The summed E-state index contributed by atoms with van der Waals surface area (Å²) >= 11 is 0. The molecular weight excluding hydrogens is 475 g/mol. The van der Waals surface area contributed by atoms with Gasteiger partial charge in [-0.3, -0.25) is 9.69 Å². The Morgan fingerprint density at radius 1 is 0.868 bits per heavy atom. The van der Waals surface area contributed by atoms with E-state index >= 15 is 0 Å². The summed E-state index contributed by atoms with van der Waals surface area (Å²) in [7, 11) is 0. The molecule has 0 atom stereocenters. The Kier molecular flexibility index (Phi) is 9.65. The molecule has 0 aliphatic carbocycles. The largest absolute Gasteiger partial charge is 0.490 e. The minimum atomic E-state index is -0.490. The zero-order chi connectivity index (χ0) is 26.7. The van der Waals surface area contributed by atoms with Gasteiger partial charge in [-0.05, 0) is 47.7 Å². The molecule has 4 nitrogen and oxygen atoms in total. The third-order valence-electron chi connectivity index (χ3n) is 6.62. The Hall–Kier alpha value is -3.96. The topological polar surface area (TPSA) is 55.6 Å². The van der Waals surface area contributed by atoms with Gasteiger partial charge in [0.05, 0.1) is 13.0 Å². The molecule has 0 bridgehead atoms. The molecule has 0 aliphatic rings. The van der Waals surface area contributed by atoms with Gasteiger partial charge in [0.15, 0.2) is 11.6 Å². The summed E-state index contributed by atoms with van der Waals surface area (Å²) in [6.45, 7) is 4.94. The lowest BCUT2D eigenvalue weighted by atomic mass is 9.90. The van der Waals surface area contributed by atoms with E-state index in [0.717, 1.165) is 26.1 Å². The van der Waals surface area contributed by atoms with Crippen molar-refractivity contribution in [2.24, 2.45) is 5.73 Å². The minimum absolute atomic E-state index is 0.00909. The van der Waals surface area contributed by atoms with Crippen LogP contribution in [0.5, 0.6) is 5.75 Å². The van der Waals surface area contributed by atoms with Crippen LogP contribution in [0, 0.1) is 12.7 Å². The van der Waals surface area contributed by atoms with Gasteiger partial charge >= 0.3 is 0 Å². The SMILES string of the molecule is Cc1ccc(CN(CCCOc2ccc(CC(N)=O)cc2F)CC(c2ccccc2)c2ccccc2)cc1. The van der Waals surface area contributed by atoms with E-state index in [2.05, 4.69) is 84.6 Å². The maximum Gasteiger partial charge on any atom is 0.221 e. The first-order chi connectivity index (χ1) is 18.5. The first kappa shape index (κ1) is 27.1. The number of carbonyl (C=O) groups excluding carboxylic acids is 1. The normalized spacial score (nSPS) is 11.2. The Bertz CT molecular complexity index is 1250. The van der Waals surface area contributed by atoms with Gasteiger partial charge in [0.25, 0.3) is 0 Å². The summed E-state index contributed by atoms with van der Waals surface area (Å²) in [6.07, 6.45) is 0.750. The van der Waals surface area contributed by atoms with Gasteiger partial charge in [0, 0.05) is 25.6 Å². The van der Waals surface area contributed by atoms with Gasteiger partial charge in [-0.25, -0.2) is 4.39 Å². The van der Waals surface area contributed by atoms with Crippen LogP contribution < -0.4 is 10.5 Å². The zero-order valence-electron chi connectivity index (χ0n) is 21.9. The van der Waals surface area contributed by atoms with Crippen molar-refractivity contribution in [3.05, 3.63) is 137 Å². The smallest absolute Gasteiger partial charge is 0.221 e. The molecule has 38 heavy (non-hydrogen) atoms. The van der Waals surface area contributed by atoms with Gasteiger partial charge in [0.2, 0.25) is 5.91 Å². The fourth-order valence-electron chi connectivity index (χ4n) is 4.66. The highest BCUT2D eigenvalue weighted by Gasteiger charge is 2.19. The summed E-state index contributed by atoms with van der Waals surface area (Å²) in [5, 5.41) is 0. The molecule has 1 amide bonds. The predicted octanol–water partition coefficient (Wildman–Crippen LogP) is 6.27. The molecule has 4 aromatic rings. The van der Waals surface area contributed by atoms with E-state index < -0.39 is 11.7 Å². The van der Waals surface area contributed by atoms with E-state index in [9.17, 15) is 9.18 Å². The van der Waals surface area contributed by atoms with Crippen LogP contribution in [0.4, 0.5) is 4.39 Å². The van der Waals surface area contributed by atoms with Gasteiger partial charge in [-0.15, -0.1) is 0 Å². The lowest BCUT2D eigenvalue weighted by molar-refractivity contribution is -0.117. The number of amides is 1. The van der Waals surface area contributed by atoms with Gasteiger partial charge in [-0.2, -0.15) is 0 Å². The lowest BCUT2D eigenvalue weighted by Crippen LogP contribution is -2.30. The van der Waals surface area contributed by atoms with Crippen molar-refractivity contribution in [1.82, 2.24) is 4.90 Å². The van der Waals surface area contributed by atoms with Gasteiger partial charge < -0.3 is 10.5 Å². The number of nitrogens with zero attached hydrogens (tertiary/aromatic N) is 1. The van der Waals surface area contributed by atoms with Crippen LogP contribution in [0.25, 0.3) is 0 Å². The number of benzene rings is 4. The molecule has 196 valence electrons. The minimum Gasteiger partial charge on any atom is -0.490 e. The van der Waals surface area contributed by atoms with Crippen molar-refractivity contribution in [3.8, 4) is 5.75 Å². The number of rotatable bonds is 13. The Balaban J connectivity index is 1.46. The summed E-state index contributed by atoms with van der Waals surface area (Å²) in [5.74, 6) is -0.557. The van der Waals surface area contributed by atoms with E-state index in [0.29, 0.717) is 12.2 Å². The third-order valence-corrected chi connectivity index (χ3v) is 6.62. The average Bonchev–Trinajstić information content (AvgIpc) is 2.92.